The number of β-lactam (4-membered cyclic amide) rings is 1. The molecule has 0 bridgehead atoms. The maximum atomic E-state index is 11.7. The standard InChI is InChI=1S/C11H17NO5/c1-6-7(9(14)16-5)12(8(6)13)10(15)17-11(2,3)4/h6-7H,1-5H3/t6-,7-/m1/s1. The molecule has 0 radical (unpaired) electrons. The molecule has 0 aliphatic carbocycles. The van der Waals surface area contributed by atoms with Crippen LogP contribution in [0.2, 0.25) is 0 Å². The van der Waals surface area contributed by atoms with Crippen LogP contribution in [-0.2, 0) is 19.1 Å². The maximum absolute atomic E-state index is 11.7. The average molecular weight is 243 g/mol. The van der Waals surface area contributed by atoms with Crippen molar-refractivity contribution in [2.45, 2.75) is 39.3 Å². The molecule has 1 rings (SSSR count). The monoisotopic (exact) mass is 243 g/mol. The summed E-state index contributed by atoms with van der Waals surface area (Å²) in [6.45, 7) is 6.63. The highest BCUT2D eigenvalue weighted by atomic mass is 16.6. The van der Waals surface area contributed by atoms with Crippen LogP contribution in [-0.4, -0.2) is 41.6 Å². The van der Waals surface area contributed by atoms with E-state index < -0.39 is 35.5 Å². The van der Waals surface area contributed by atoms with Gasteiger partial charge in [0.25, 0.3) is 0 Å². The number of methoxy groups -OCH3 is 1. The minimum Gasteiger partial charge on any atom is -0.467 e. The quantitative estimate of drug-likeness (QED) is 0.506. The molecule has 0 saturated carbocycles. The molecular weight excluding hydrogens is 226 g/mol. The van der Waals surface area contributed by atoms with Crippen LogP contribution in [0.15, 0.2) is 0 Å². The average Bonchev–Trinajstić information content (AvgIpc) is 2.20. The van der Waals surface area contributed by atoms with Crippen molar-refractivity contribution in [2.24, 2.45) is 5.92 Å². The first-order chi connectivity index (χ1) is 7.69. The highest BCUT2D eigenvalue weighted by molar-refractivity contribution is 6.06. The summed E-state index contributed by atoms with van der Waals surface area (Å²) in [7, 11) is 1.21. The van der Waals surface area contributed by atoms with Gasteiger partial charge in [0, 0.05) is 0 Å². The van der Waals surface area contributed by atoms with Crippen molar-refractivity contribution < 1.29 is 23.9 Å². The summed E-state index contributed by atoms with van der Waals surface area (Å²) < 4.78 is 9.59. The van der Waals surface area contributed by atoms with Crippen LogP contribution in [0, 0.1) is 5.92 Å². The zero-order valence-electron chi connectivity index (χ0n) is 10.6. The Bertz CT molecular complexity index is 357. The number of nitrogens with zero attached hydrogens (tertiary/aromatic N) is 1. The number of hydrogen-bond acceptors (Lipinski definition) is 5. The molecule has 0 unspecified atom stereocenters. The van der Waals surface area contributed by atoms with E-state index in [0.29, 0.717) is 0 Å². The van der Waals surface area contributed by atoms with Crippen molar-refractivity contribution in [3.63, 3.8) is 0 Å². The number of hydrogen-bond donors (Lipinski definition) is 0. The Morgan fingerprint density at radius 2 is 1.82 bits per heavy atom. The molecule has 6 nitrogen and oxygen atoms in total. The normalized spacial score (nSPS) is 24.1. The molecule has 1 aliphatic heterocycles. The predicted molar refractivity (Wildman–Crippen MR) is 58.0 cm³/mol. The van der Waals surface area contributed by atoms with Crippen LogP contribution < -0.4 is 0 Å². The highest BCUT2D eigenvalue weighted by Gasteiger charge is 2.54. The summed E-state index contributed by atoms with van der Waals surface area (Å²) in [6, 6.07) is -0.873. The molecule has 1 fully saturated rings. The van der Waals surface area contributed by atoms with Crippen LogP contribution in [0.3, 0.4) is 0 Å². The van der Waals surface area contributed by atoms with Gasteiger partial charge >= 0.3 is 12.1 Å². The second-order valence-corrected chi connectivity index (χ2v) is 4.95. The lowest BCUT2D eigenvalue weighted by Crippen LogP contribution is -2.66. The first-order valence-corrected chi connectivity index (χ1v) is 5.33. The number of imide groups is 1. The van der Waals surface area contributed by atoms with Gasteiger partial charge in [-0.3, -0.25) is 4.79 Å². The van der Waals surface area contributed by atoms with Gasteiger partial charge in [-0.15, -0.1) is 0 Å². The Labute approximate surface area is 99.9 Å². The highest BCUT2D eigenvalue weighted by Crippen LogP contribution is 2.29. The molecule has 2 atom stereocenters. The fraction of sp³-hybridized carbons (Fsp3) is 0.727. The second kappa shape index (κ2) is 4.35. The molecule has 0 N–H and O–H groups in total. The number of esters is 1. The largest absolute Gasteiger partial charge is 0.467 e. The molecule has 96 valence electrons. The molecule has 17 heavy (non-hydrogen) atoms. The third kappa shape index (κ3) is 2.57. The fourth-order valence-electron chi connectivity index (χ4n) is 1.58. The Morgan fingerprint density at radius 1 is 1.29 bits per heavy atom. The van der Waals surface area contributed by atoms with E-state index in [9.17, 15) is 14.4 Å². The Hall–Kier alpha value is -1.59. The van der Waals surface area contributed by atoms with Crippen LogP contribution in [0.25, 0.3) is 0 Å². The molecule has 1 aliphatic rings. The van der Waals surface area contributed by atoms with Crippen LogP contribution in [0.1, 0.15) is 27.7 Å². The van der Waals surface area contributed by atoms with E-state index in [2.05, 4.69) is 4.74 Å². The van der Waals surface area contributed by atoms with Crippen LogP contribution in [0.4, 0.5) is 4.79 Å². The predicted octanol–water partition coefficient (Wildman–Crippen LogP) is 0.941. The lowest BCUT2D eigenvalue weighted by atomic mass is 9.90. The Balaban J connectivity index is 2.79. The number of likely N-dealkylation sites (tertiary alicyclic amines) is 1. The molecule has 0 aromatic carbocycles. The van der Waals surface area contributed by atoms with Gasteiger partial charge in [-0.2, -0.15) is 0 Å². The molecule has 1 saturated heterocycles. The second-order valence-electron chi connectivity index (χ2n) is 4.95. The third-order valence-electron chi connectivity index (χ3n) is 2.41. The minimum absolute atomic E-state index is 0.422. The first-order valence-electron chi connectivity index (χ1n) is 5.33. The lowest BCUT2D eigenvalue weighted by molar-refractivity contribution is -0.169. The van der Waals surface area contributed by atoms with E-state index in [1.54, 1.807) is 27.7 Å². The van der Waals surface area contributed by atoms with Crippen LogP contribution in [0.5, 0.6) is 0 Å². The minimum atomic E-state index is -0.873. The van der Waals surface area contributed by atoms with Crippen molar-refractivity contribution in [3.05, 3.63) is 0 Å². The van der Waals surface area contributed by atoms with Gasteiger partial charge in [-0.25, -0.2) is 14.5 Å². The molecule has 1 heterocycles. The van der Waals surface area contributed by atoms with Crippen LogP contribution >= 0.6 is 0 Å². The summed E-state index contributed by atoms with van der Waals surface area (Å²) in [4.78, 5) is 35.5. The summed E-state index contributed by atoms with van der Waals surface area (Å²) in [5.41, 5.74) is -0.711. The lowest BCUT2D eigenvalue weighted by Gasteiger charge is -2.41. The van der Waals surface area contributed by atoms with E-state index in [4.69, 9.17) is 4.74 Å². The van der Waals surface area contributed by atoms with Gasteiger partial charge in [0.15, 0.2) is 6.04 Å². The number of amides is 2. The van der Waals surface area contributed by atoms with Gasteiger partial charge < -0.3 is 9.47 Å². The summed E-state index contributed by atoms with van der Waals surface area (Å²) in [5, 5.41) is 0. The van der Waals surface area contributed by atoms with Crippen molar-refractivity contribution in [1.29, 1.82) is 0 Å². The van der Waals surface area contributed by atoms with Crippen molar-refractivity contribution in [1.82, 2.24) is 4.90 Å². The van der Waals surface area contributed by atoms with Crippen molar-refractivity contribution >= 4 is 18.0 Å². The number of rotatable bonds is 1. The number of carbonyl (C=O) groups excluding carboxylic acids is 3. The summed E-state index contributed by atoms with van der Waals surface area (Å²) in [6.07, 6.45) is -0.809. The van der Waals surface area contributed by atoms with Gasteiger partial charge in [-0.05, 0) is 20.8 Å². The molecule has 2 amide bonds. The Morgan fingerprint density at radius 3 is 2.24 bits per heavy atom. The maximum Gasteiger partial charge on any atom is 0.417 e. The fourth-order valence-corrected chi connectivity index (χ4v) is 1.58. The van der Waals surface area contributed by atoms with Gasteiger partial charge in [0.2, 0.25) is 5.91 Å². The van der Waals surface area contributed by atoms with Gasteiger partial charge in [0.05, 0.1) is 13.0 Å². The van der Waals surface area contributed by atoms with E-state index in [-0.39, 0.29) is 0 Å². The molecule has 6 heteroatoms. The van der Waals surface area contributed by atoms with Crippen molar-refractivity contribution in [2.75, 3.05) is 7.11 Å². The molecule has 0 aromatic rings. The van der Waals surface area contributed by atoms with E-state index in [1.807, 2.05) is 0 Å². The zero-order chi connectivity index (χ0) is 13.4. The number of carbonyl (C=O) groups is 3. The molecule has 0 spiro atoms. The number of ether oxygens (including phenoxy) is 2. The zero-order valence-corrected chi connectivity index (χ0v) is 10.6. The first kappa shape index (κ1) is 13.5. The SMILES string of the molecule is COC(=O)[C@H]1[C@@H](C)C(=O)N1C(=O)OC(C)(C)C. The smallest absolute Gasteiger partial charge is 0.417 e. The third-order valence-corrected chi connectivity index (χ3v) is 2.41. The summed E-state index contributed by atoms with van der Waals surface area (Å²) >= 11 is 0. The van der Waals surface area contributed by atoms with Gasteiger partial charge in [0.1, 0.15) is 5.60 Å². The summed E-state index contributed by atoms with van der Waals surface area (Å²) in [5.74, 6) is -1.58. The van der Waals surface area contributed by atoms with E-state index >= 15 is 0 Å². The Kier molecular flexibility index (Phi) is 3.45. The van der Waals surface area contributed by atoms with Crippen molar-refractivity contribution in [3.8, 4) is 0 Å². The van der Waals surface area contributed by atoms with E-state index in [1.165, 1.54) is 7.11 Å². The topological polar surface area (TPSA) is 72.9 Å². The molecular formula is C11H17NO5. The van der Waals surface area contributed by atoms with E-state index in [0.717, 1.165) is 4.90 Å². The van der Waals surface area contributed by atoms with Gasteiger partial charge in [-0.1, -0.05) is 6.92 Å². The molecule has 0 aromatic heterocycles.